The molecule has 3 unspecified atom stereocenters. The van der Waals surface area contributed by atoms with E-state index < -0.39 is 18.0 Å². The van der Waals surface area contributed by atoms with Crippen LogP contribution < -0.4 is 5.32 Å². The summed E-state index contributed by atoms with van der Waals surface area (Å²) in [5, 5.41) is 12.0. The van der Waals surface area contributed by atoms with Crippen LogP contribution >= 0.6 is 0 Å². The van der Waals surface area contributed by atoms with Gasteiger partial charge in [0.15, 0.2) is 0 Å². The second-order valence-electron chi connectivity index (χ2n) is 6.90. The van der Waals surface area contributed by atoms with E-state index in [9.17, 15) is 14.7 Å². The summed E-state index contributed by atoms with van der Waals surface area (Å²) < 4.78 is 11.1. The van der Waals surface area contributed by atoms with Crippen LogP contribution in [0.15, 0.2) is 30.3 Å². The summed E-state index contributed by atoms with van der Waals surface area (Å²) in [7, 11) is 0. The predicted octanol–water partition coefficient (Wildman–Crippen LogP) is 4.38. The second-order valence-corrected chi connectivity index (χ2v) is 6.90. The Balaban J connectivity index is 2.37. The maximum Gasteiger partial charge on any atom is 0.407 e. The Hall–Kier alpha value is -2.08. The van der Waals surface area contributed by atoms with Crippen LogP contribution in [0.2, 0.25) is 0 Å². The summed E-state index contributed by atoms with van der Waals surface area (Å²) in [4.78, 5) is 23.1. The van der Waals surface area contributed by atoms with Gasteiger partial charge in [0.05, 0.1) is 18.1 Å². The fraction of sp³-hybridized carbons (Fsp3) is 0.619. The predicted molar refractivity (Wildman–Crippen MR) is 105 cm³/mol. The van der Waals surface area contributed by atoms with Crippen molar-refractivity contribution in [1.82, 2.24) is 5.32 Å². The maximum absolute atomic E-state index is 11.8. The van der Waals surface area contributed by atoms with Crippen molar-refractivity contribution in [1.29, 1.82) is 0 Å². The Kier molecular flexibility index (Phi) is 11.2. The first-order valence-electron chi connectivity index (χ1n) is 9.76. The molecule has 1 aromatic carbocycles. The highest BCUT2D eigenvalue weighted by Gasteiger charge is 2.26. The number of ether oxygens (including phenoxy) is 2. The molecule has 0 aliphatic rings. The first kappa shape index (κ1) is 23.0. The first-order valence-corrected chi connectivity index (χ1v) is 9.76. The lowest BCUT2D eigenvalue weighted by Gasteiger charge is -2.25. The molecule has 0 spiro atoms. The standard InChI is InChI=1S/C21H33NO5/c1-4-5-6-10-13-19(17(3)20(23)24)27-16(2)14-22-21(25)26-15-18-11-8-7-9-12-18/h7-9,11-12,16-17,19H,4-6,10,13-15H2,1-3H3,(H,22,25)(H,23,24). The zero-order valence-corrected chi connectivity index (χ0v) is 16.6. The first-order chi connectivity index (χ1) is 12.9. The molecular formula is C21H33NO5. The van der Waals surface area contributed by atoms with Crippen LogP contribution in [-0.2, 0) is 20.9 Å². The van der Waals surface area contributed by atoms with Gasteiger partial charge in [0.2, 0.25) is 0 Å². The average molecular weight is 379 g/mol. The van der Waals surface area contributed by atoms with E-state index in [0.29, 0.717) is 6.42 Å². The minimum atomic E-state index is -0.863. The summed E-state index contributed by atoms with van der Waals surface area (Å²) in [6.45, 7) is 6.11. The van der Waals surface area contributed by atoms with E-state index in [1.165, 1.54) is 0 Å². The Labute approximate surface area is 162 Å². The molecule has 0 aliphatic heterocycles. The van der Waals surface area contributed by atoms with Crippen LogP contribution in [-0.4, -0.2) is 35.9 Å². The topological polar surface area (TPSA) is 84.9 Å². The van der Waals surface area contributed by atoms with Crippen LogP contribution in [0, 0.1) is 5.92 Å². The molecule has 6 nitrogen and oxygen atoms in total. The number of carboxylic acids is 1. The van der Waals surface area contributed by atoms with Gasteiger partial charge >= 0.3 is 12.1 Å². The summed E-state index contributed by atoms with van der Waals surface area (Å²) in [6.07, 6.45) is 3.81. The van der Waals surface area contributed by atoms with E-state index in [4.69, 9.17) is 9.47 Å². The summed E-state index contributed by atoms with van der Waals surface area (Å²) >= 11 is 0. The molecule has 152 valence electrons. The van der Waals surface area contributed by atoms with Crippen LogP contribution in [0.4, 0.5) is 4.79 Å². The second kappa shape index (κ2) is 13.1. The number of rotatable bonds is 13. The van der Waals surface area contributed by atoms with Crippen LogP contribution in [0.3, 0.4) is 0 Å². The summed E-state index contributed by atoms with van der Waals surface area (Å²) in [5.74, 6) is -1.45. The lowest BCUT2D eigenvalue weighted by atomic mass is 9.98. The molecular weight excluding hydrogens is 346 g/mol. The van der Waals surface area contributed by atoms with E-state index in [-0.39, 0.29) is 25.4 Å². The van der Waals surface area contributed by atoms with E-state index in [1.807, 2.05) is 37.3 Å². The number of benzene rings is 1. The zero-order chi connectivity index (χ0) is 20.1. The fourth-order valence-corrected chi connectivity index (χ4v) is 2.71. The summed E-state index contributed by atoms with van der Waals surface area (Å²) in [6, 6.07) is 9.44. The van der Waals surface area contributed by atoms with Gasteiger partial charge in [-0.1, -0.05) is 62.9 Å². The normalized spacial score (nSPS) is 14.2. The van der Waals surface area contributed by atoms with Crippen LogP contribution in [0.1, 0.15) is 58.4 Å². The van der Waals surface area contributed by atoms with E-state index >= 15 is 0 Å². The minimum Gasteiger partial charge on any atom is -0.481 e. The third-order valence-electron chi connectivity index (χ3n) is 4.44. The van der Waals surface area contributed by atoms with Gasteiger partial charge in [0.25, 0.3) is 0 Å². The highest BCUT2D eigenvalue weighted by molar-refractivity contribution is 5.70. The maximum atomic E-state index is 11.8. The van der Waals surface area contributed by atoms with Crippen molar-refractivity contribution < 1.29 is 24.2 Å². The number of amides is 1. The van der Waals surface area contributed by atoms with Crippen molar-refractivity contribution in [3.8, 4) is 0 Å². The fourth-order valence-electron chi connectivity index (χ4n) is 2.71. The smallest absolute Gasteiger partial charge is 0.407 e. The Morgan fingerprint density at radius 3 is 2.44 bits per heavy atom. The molecule has 1 aromatic rings. The molecule has 0 radical (unpaired) electrons. The largest absolute Gasteiger partial charge is 0.481 e. The van der Waals surface area contributed by atoms with Gasteiger partial charge in [0.1, 0.15) is 6.61 Å². The van der Waals surface area contributed by atoms with Gasteiger partial charge < -0.3 is 19.9 Å². The van der Waals surface area contributed by atoms with Crippen LogP contribution in [0.25, 0.3) is 0 Å². The van der Waals surface area contributed by atoms with Crippen molar-refractivity contribution in [2.24, 2.45) is 5.92 Å². The number of carbonyl (C=O) groups is 2. The van der Waals surface area contributed by atoms with Crippen molar-refractivity contribution in [2.45, 2.75) is 71.7 Å². The molecule has 0 aliphatic carbocycles. The highest BCUT2D eigenvalue weighted by Crippen LogP contribution is 2.18. The molecule has 0 bridgehead atoms. The third kappa shape index (κ3) is 9.99. The molecule has 6 heteroatoms. The molecule has 0 fully saturated rings. The van der Waals surface area contributed by atoms with Gasteiger partial charge in [-0.25, -0.2) is 4.79 Å². The lowest BCUT2D eigenvalue weighted by molar-refractivity contribution is -0.148. The number of nitrogens with one attached hydrogen (secondary N) is 1. The number of carboxylic acid groups (broad SMARTS) is 1. The van der Waals surface area contributed by atoms with Gasteiger partial charge in [-0.05, 0) is 25.8 Å². The quantitative estimate of drug-likeness (QED) is 0.497. The molecule has 1 rings (SSSR count). The number of carbonyl (C=O) groups excluding carboxylic acids is 1. The molecule has 0 heterocycles. The number of hydrogen-bond donors (Lipinski definition) is 2. The van der Waals surface area contributed by atoms with E-state index in [1.54, 1.807) is 6.92 Å². The molecule has 0 saturated heterocycles. The number of unbranched alkanes of at least 4 members (excludes halogenated alkanes) is 3. The zero-order valence-electron chi connectivity index (χ0n) is 16.6. The minimum absolute atomic E-state index is 0.206. The van der Waals surface area contributed by atoms with Crippen molar-refractivity contribution in [3.63, 3.8) is 0 Å². The van der Waals surface area contributed by atoms with E-state index in [2.05, 4.69) is 12.2 Å². The molecule has 0 saturated carbocycles. The highest BCUT2D eigenvalue weighted by atomic mass is 16.5. The third-order valence-corrected chi connectivity index (χ3v) is 4.44. The molecule has 2 N–H and O–H groups in total. The SMILES string of the molecule is CCCCCCC(OC(C)CNC(=O)OCc1ccccc1)C(C)C(=O)O. The molecule has 1 amide bonds. The van der Waals surface area contributed by atoms with Crippen molar-refractivity contribution in [3.05, 3.63) is 35.9 Å². The van der Waals surface area contributed by atoms with Crippen LogP contribution in [0.5, 0.6) is 0 Å². The Bertz CT molecular complexity index is 549. The van der Waals surface area contributed by atoms with Gasteiger partial charge in [-0.2, -0.15) is 0 Å². The number of alkyl carbamates (subject to hydrolysis) is 1. The van der Waals surface area contributed by atoms with Crippen molar-refractivity contribution in [2.75, 3.05) is 6.54 Å². The summed E-state index contributed by atoms with van der Waals surface area (Å²) in [5.41, 5.74) is 0.916. The van der Waals surface area contributed by atoms with Crippen molar-refractivity contribution >= 4 is 12.1 Å². The van der Waals surface area contributed by atoms with E-state index in [0.717, 1.165) is 31.2 Å². The molecule has 0 aromatic heterocycles. The molecule has 3 atom stereocenters. The van der Waals surface area contributed by atoms with Gasteiger partial charge in [-0.15, -0.1) is 0 Å². The number of aliphatic carboxylic acids is 1. The monoisotopic (exact) mass is 379 g/mol. The Morgan fingerprint density at radius 1 is 1.11 bits per heavy atom. The lowest BCUT2D eigenvalue weighted by Crippen LogP contribution is -2.37. The molecule has 27 heavy (non-hydrogen) atoms. The van der Waals surface area contributed by atoms with Gasteiger partial charge in [-0.3, -0.25) is 4.79 Å². The number of hydrogen-bond acceptors (Lipinski definition) is 4. The van der Waals surface area contributed by atoms with Gasteiger partial charge in [0, 0.05) is 6.54 Å². The average Bonchev–Trinajstić information content (AvgIpc) is 2.67. The Morgan fingerprint density at radius 2 is 1.81 bits per heavy atom.